The first-order valence-corrected chi connectivity index (χ1v) is 11.8. The highest BCUT2D eigenvalue weighted by Gasteiger charge is 2.35. The molecule has 0 radical (unpaired) electrons. The molecule has 0 aromatic carbocycles. The lowest BCUT2D eigenvalue weighted by Gasteiger charge is -2.21. The van der Waals surface area contributed by atoms with Crippen molar-refractivity contribution < 1.29 is 9.53 Å². The summed E-state index contributed by atoms with van der Waals surface area (Å²) in [5.74, 6) is 0.298. The number of pyridine rings is 1. The highest BCUT2D eigenvalue weighted by atomic mass is 32.2. The molecule has 0 aliphatic carbocycles. The third kappa shape index (κ3) is 4.26. The Balaban J connectivity index is 1.78. The minimum Gasteiger partial charge on any atom is -0.376 e. The summed E-state index contributed by atoms with van der Waals surface area (Å²) in [5.41, 5.74) is 1.61. The minimum atomic E-state index is -0.225. The molecule has 0 unspecified atom stereocenters. The first-order chi connectivity index (χ1) is 14.9. The number of ether oxygens (including phenoxy) is 1. The van der Waals surface area contributed by atoms with Crippen LogP contribution in [-0.2, 0) is 9.53 Å². The van der Waals surface area contributed by atoms with Crippen LogP contribution in [-0.4, -0.2) is 49.8 Å². The Hall–Kier alpha value is -2.23. The maximum absolute atomic E-state index is 13.4. The number of hydrogen-bond acceptors (Lipinski definition) is 7. The number of amides is 1. The fourth-order valence-electron chi connectivity index (χ4n) is 3.77. The van der Waals surface area contributed by atoms with Crippen molar-refractivity contribution in [1.29, 1.82) is 0 Å². The molecule has 2 atom stereocenters. The van der Waals surface area contributed by atoms with E-state index in [1.165, 1.54) is 16.2 Å². The van der Waals surface area contributed by atoms with Crippen molar-refractivity contribution in [2.75, 3.05) is 18.5 Å². The molecule has 0 spiro atoms. The molecular formula is C22H26N4O3S2. The van der Waals surface area contributed by atoms with Crippen LogP contribution in [0.5, 0.6) is 0 Å². The number of hydrogen-bond donors (Lipinski definition) is 1. The quantitative estimate of drug-likeness (QED) is 0.524. The van der Waals surface area contributed by atoms with Crippen LogP contribution in [0.25, 0.3) is 11.7 Å². The van der Waals surface area contributed by atoms with Crippen molar-refractivity contribution in [3.63, 3.8) is 0 Å². The third-order valence-electron chi connectivity index (χ3n) is 5.74. The molecule has 2 fully saturated rings. The van der Waals surface area contributed by atoms with Gasteiger partial charge in [-0.2, -0.15) is 0 Å². The fraction of sp³-hybridized carbons (Fsp3) is 0.455. The zero-order chi connectivity index (χ0) is 22.1. The van der Waals surface area contributed by atoms with Crippen LogP contribution < -0.4 is 10.9 Å². The van der Waals surface area contributed by atoms with Crippen LogP contribution in [0, 0.1) is 6.92 Å². The summed E-state index contributed by atoms with van der Waals surface area (Å²) in [5, 5.41) is 3.30. The van der Waals surface area contributed by atoms with Gasteiger partial charge < -0.3 is 10.1 Å². The Morgan fingerprint density at radius 2 is 2.26 bits per heavy atom. The molecule has 31 heavy (non-hydrogen) atoms. The SMILES string of the molecule is CC[C@@H](C)N1C(=O)/C(=C\c2c(NC[C@@H]3CCCO3)nc3c(C)cccn3c2=O)SC1=S. The van der Waals surface area contributed by atoms with E-state index in [-0.39, 0.29) is 23.6 Å². The predicted octanol–water partition coefficient (Wildman–Crippen LogP) is 3.59. The molecular weight excluding hydrogens is 432 g/mol. The monoisotopic (exact) mass is 458 g/mol. The standard InChI is InChI=1S/C22H26N4O3S2/c1-4-14(3)26-21(28)17(31-22(26)30)11-16-18(23-12-15-8-6-10-29-15)24-19-13(2)7-5-9-25(19)20(16)27/h5,7,9,11,14-15,23H,4,6,8,10,12H2,1-3H3/b17-11+/t14-,15+/m1/s1. The largest absolute Gasteiger partial charge is 0.376 e. The van der Waals surface area contributed by atoms with Gasteiger partial charge in [0.05, 0.1) is 16.6 Å². The van der Waals surface area contributed by atoms with Crippen LogP contribution in [0.4, 0.5) is 5.82 Å². The van der Waals surface area contributed by atoms with Crippen molar-refractivity contribution in [2.24, 2.45) is 0 Å². The Morgan fingerprint density at radius 3 is 2.97 bits per heavy atom. The Labute approximate surface area is 190 Å². The first-order valence-electron chi connectivity index (χ1n) is 10.5. The molecule has 2 aliphatic heterocycles. The second-order valence-electron chi connectivity index (χ2n) is 7.89. The van der Waals surface area contributed by atoms with E-state index < -0.39 is 0 Å². The molecule has 0 saturated carbocycles. The number of aromatic nitrogens is 2. The average Bonchev–Trinajstić information content (AvgIpc) is 3.37. The van der Waals surface area contributed by atoms with Crippen molar-refractivity contribution in [1.82, 2.24) is 14.3 Å². The van der Waals surface area contributed by atoms with E-state index in [0.717, 1.165) is 31.4 Å². The smallest absolute Gasteiger partial charge is 0.267 e. The van der Waals surface area contributed by atoms with Crippen LogP contribution in [0.2, 0.25) is 0 Å². The molecule has 9 heteroatoms. The Kier molecular flexibility index (Phi) is 6.45. The number of thiocarbonyl (C=S) groups is 1. The van der Waals surface area contributed by atoms with E-state index in [1.54, 1.807) is 17.2 Å². The first kappa shape index (κ1) is 22.0. The van der Waals surface area contributed by atoms with Crippen LogP contribution >= 0.6 is 24.0 Å². The summed E-state index contributed by atoms with van der Waals surface area (Å²) in [6.45, 7) is 7.22. The number of fused-ring (bicyclic) bond motifs is 1. The van der Waals surface area contributed by atoms with Crippen LogP contribution in [0.1, 0.15) is 44.2 Å². The topological polar surface area (TPSA) is 75.9 Å². The van der Waals surface area contributed by atoms with Gasteiger partial charge in [0, 0.05) is 25.4 Å². The number of thioether (sulfide) groups is 1. The molecule has 0 bridgehead atoms. The van der Waals surface area contributed by atoms with Gasteiger partial charge in [-0.05, 0) is 50.8 Å². The predicted molar refractivity (Wildman–Crippen MR) is 128 cm³/mol. The number of nitrogens with one attached hydrogen (secondary N) is 1. The van der Waals surface area contributed by atoms with Gasteiger partial charge in [0.2, 0.25) is 0 Å². The molecule has 2 aromatic rings. The van der Waals surface area contributed by atoms with Crippen molar-refractivity contribution in [3.8, 4) is 0 Å². The van der Waals surface area contributed by atoms with Gasteiger partial charge in [-0.1, -0.05) is 37.0 Å². The summed E-state index contributed by atoms with van der Waals surface area (Å²) in [6.07, 6.45) is 6.22. The molecule has 4 heterocycles. The second kappa shape index (κ2) is 9.10. The maximum atomic E-state index is 13.4. The number of carbonyl (C=O) groups excluding carboxylic acids is 1. The normalized spacial score (nSPS) is 21.5. The van der Waals surface area contributed by atoms with Gasteiger partial charge in [-0.3, -0.25) is 18.9 Å². The summed E-state index contributed by atoms with van der Waals surface area (Å²) >= 11 is 6.66. The molecule has 1 N–H and O–H groups in total. The zero-order valence-corrected chi connectivity index (χ0v) is 19.5. The van der Waals surface area contributed by atoms with Crippen LogP contribution in [0.15, 0.2) is 28.0 Å². The van der Waals surface area contributed by atoms with Crippen molar-refractivity contribution in [2.45, 2.75) is 52.2 Å². The van der Waals surface area contributed by atoms with E-state index in [0.29, 0.717) is 32.8 Å². The summed E-state index contributed by atoms with van der Waals surface area (Å²) in [6, 6.07) is 3.74. The number of rotatable bonds is 6. The van der Waals surface area contributed by atoms with Crippen molar-refractivity contribution in [3.05, 3.63) is 44.7 Å². The lowest BCUT2D eigenvalue weighted by atomic mass is 10.2. The fourth-order valence-corrected chi connectivity index (χ4v) is 5.21. The second-order valence-corrected chi connectivity index (χ2v) is 9.56. The third-order valence-corrected chi connectivity index (χ3v) is 7.07. The number of nitrogens with zero attached hydrogens (tertiary/aromatic N) is 3. The molecule has 2 aromatic heterocycles. The lowest BCUT2D eigenvalue weighted by Crippen LogP contribution is -2.36. The summed E-state index contributed by atoms with van der Waals surface area (Å²) in [4.78, 5) is 33.2. The number of carbonyl (C=O) groups is 1. The van der Waals surface area contributed by atoms with Crippen LogP contribution in [0.3, 0.4) is 0 Å². The lowest BCUT2D eigenvalue weighted by molar-refractivity contribution is -0.123. The van der Waals surface area contributed by atoms with Gasteiger partial charge >= 0.3 is 0 Å². The van der Waals surface area contributed by atoms with Gasteiger partial charge in [0.25, 0.3) is 11.5 Å². The molecule has 4 rings (SSSR count). The summed E-state index contributed by atoms with van der Waals surface area (Å²) < 4.78 is 7.74. The van der Waals surface area contributed by atoms with E-state index in [2.05, 4.69) is 5.32 Å². The van der Waals surface area contributed by atoms with E-state index in [1.807, 2.05) is 32.9 Å². The van der Waals surface area contributed by atoms with Gasteiger partial charge in [-0.15, -0.1) is 0 Å². The highest BCUT2D eigenvalue weighted by molar-refractivity contribution is 8.26. The van der Waals surface area contributed by atoms with Gasteiger partial charge in [-0.25, -0.2) is 4.98 Å². The Bertz CT molecular complexity index is 1120. The molecule has 2 aliphatic rings. The van der Waals surface area contributed by atoms with E-state index >= 15 is 0 Å². The van der Waals surface area contributed by atoms with E-state index in [4.69, 9.17) is 21.9 Å². The maximum Gasteiger partial charge on any atom is 0.267 e. The van der Waals surface area contributed by atoms with Gasteiger partial charge in [0.15, 0.2) is 0 Å². The van der Waals surface area contributed by atoms with E-state index in [9.17, 15) is 9.59 Å². The zero-order valence-electron chi connectivity index (χ0n) is 17.9. The Morgan fingerprint density at radius 1 is 1.45 bits per heavy atom. The summed E-state index contributed by atoms with van der Waals surface area (Å²) in [7, 11) is 0. The van der Waals surface area contributed by atoms with Crippen molar-refractivity contribution >= 4 is 51.7 Å². The number of anilines is 1. The minimum absolute atomic E-state index is 0.00832. The number of aryl methyl sites for hydroxylation is 1. The molecule has 164 valence electrons. The molecule has 7 nitrogen and oxygen atoms in total. The van der Waals surface area contributed by atoms with Gasteiger partial charge in [0.1, 0.15) is 15.8 Å². The molecule has 1 amide bonds. The molecule has 2 saturated heterocycles. The average molecular weight is 459 g/mol. The highest BCUT2D eigenvalue weighted by Crippen LogP contribution is 2.35.